The van der Waals surface area contributed by atoms with E-state index in [0.717, 1.165) is 11.0 Å². The van der Waals surface area contributed by atoms with Gasteiger partial charge in [0.2, 0.25) is 5.91 Å². The molecule has 0 bridgehead atoms. The number of carbonyl (C=O) groups is 2. The van der Waals surface area contributed by atoms with Crippen LogP contribution in [0.1, 0.15) is 10.4 Å². The molecular formula is C16H13Cl2FN2O2. The summed E-state index contributed by atoms with van der Waals surface area (Å²) in [5.41, 5.74) is 0.292. The first kappa shape index (κ1) is 17.2. The number of hydrogen-bond donors (Lipinski definition) is 1. The molecule has 0 aliphatic rings. The number of amides is 2. The van der Waals surface area contributed by atoms with Crippen LogP contribution in [0.2, 0.25) is 10.0 Å². The molecule has 0 saturated heterocycles. The average molecular weight is 355 g/mol. The lowest BCUT2D eigenvalue weighted by molar-refractivity contribution is -0.116. The molecular weight excluding hydrogens is 342 g/mol. The minimum absolute atomic E-state index is 0.151. The SMILES string of the molecule is CN(CC(=O)Nc1ccccc1Cl)C(=O)c1ccc(Cl)cc1F. The average Bonchev–Trinajstić information content (AvgIpc) is 2.49. The molecule has 120 valence electrons. The fourth-order valence-electron chi connectivity index (χ4n) is 1.91. The monoisotopic (exact) mass is 354 g/mol. The Hall–Kier alpha value is -2.11. The molecule has 0 unspecified atom stereocenters. The smallest absolute Gasteiger partial charge is 0.257 e. The fourth-order valence-corrected chi connectivity index (χ4v) is 2.25. The number of benzene rings is 2. The lowest BCUT2D eigenvalue weighted by Gasteiger charge is -2.17. The first-order valence-corrected chi connectivity index (χ1v) is 7.39. The third-order valence-corrected chi connectivity index (χ3v) is 3.60. The molecule has 2 aromatic rings. The number of likely N-dealkylation sites (N-methyl/N-ethyl adjacent to an activating group) is 1. The van der Waals surface area contributed by atoms with E-state index < -0.39 is 17.6 Å². The number of anilines is 1. The van der Waals surface area contributed by atoms with Crippen LogP contribution in [0.25, 0.3) is 0 Å². The zero-order valence-corrected chi connectivity index (χ0v) is 13.7. The first-order chi connectivity index (χ1) is 10.9. The summed E-state index contributed by atoms with van der Waals surface area (Å²) in [5, 5.41) is 3.17. The molecule has 1 N–H and O–H groups in total. The second-order valence-electron chi connectivity index (χ2n) is 4.81. The molecule has 2 aromatic carbocycles. The predicted molar refractivity (Wildman–Crippen MR) is 88.5 cm³/mol. The van der Waals surface area contributed by atoms with E-state index >= 15 is 0 Å². The number of para-hydroxylation sites is 1. The minimum atomic E-state index is -0.735. The maximum absolute atomic E-state index is 13.7. The molecule has 0 spiro atoms. The van der Waals surface area contributed by atoms with Crippen LogP contribution in [0.5, 0.6) is 0 Å². The number of hydrogen-bond acceptors (Lipinski definition) is 2. The summed E-state index contributed by atoms with van der Waals surface area (Å²) in [6.07, 6.45) is 0. The topological polar surface area (TPSA) is 49.4 Å². The van der Waals surface area contributed by atoms with Crippen molar-refractivity contribution in [2.24, 2.45) is 0 Å². The van der Waals surface area contributed by atoms with E-state index in [4.69, 9.17) is 23.2 Å². The van der Waals surface area contributed by atoms with Crippen LogP contribution in [-0.4, -0.2) is 30.3 Å². The van der Waals surface area contributed by atoms with Gasteiger partial charge in [0.1, 0.15) is 5.82 Å². The van der Waals surface area contributed by atoms with Gasteiger partial charge in [-0.25, -0.2) is 4.39 Å². The van der Waals surface area contributed by atoms with Crippen molar-refractivity contribution in [3.63, 3.8) is 0 Å². The fraction of sp³-hybridized carbons (Fsp3) is 0.125. The Morgan fingerprint density at radius 2 is 1.87 bits per heavy atom. The van der Waals surface area contributed by atoms with Crippen LogP contribution in [0.15, 0.2) is 42.5 Å². The highest BCUT2D eigenvalue weighted by molar-refractivity contribution is 6.33. The van der Waals surface area contributed by atoms with Gasteiger partial charge in [-0.2, -0.15) is 0 Å². The van der Waals surface area contributed by atoms with E-state index in [2.05, 4.69) is 5.32 Å². The summed E-state index contributed by atoms with van der Waals surface area (Å²) in [6, 6.07) is 10.5. The van der Waals surface area contributed by atoms with Gasteiger partial charge in [-0.15, -0.1) is 0 Å². The Morgan fingerprint density at radius 3 is 2.52 bits per heavy atom. The predicted octanol–water partition coefficient (Wildman–Crippen LogP) is 3.84. The van der Waals surface area contributed by atoms with Crippen LogP contribution < -0.4 is 5.32 Å². The largest absolute Gasteiger partial charge is 0.332 e. The highest BCUT2D eigenvalue weighted by Gasteiger charge is 2.19. The first-order valence-electron chi connectivity index (χ1n) is 6.63. The van der Waals surface area contributed by atoms with Crippen LogP contribution in [0.4, 0.5) is 10.1 Å². The van der Waals surface area contributed by atoms with Gasteiger partial charge in [-0.3, -0.25) is 9.59 Å². The van der Waals surface area contributed by atoms with Crippen molar-refractivity contribution in [3.05, 3.63) is 63.9 Å². The normalized spacial score (nSPS) is 10.3. The second kappa shape index (κ2) is 7.44. The molecule has 4 nitrogen and oxygen atoms in total. The Labute approximate surface area is 142 Å². The van der Waals surface area contributed by atoms with Crippen molar-refractivity contribution in [3.8, 4) is 0 Å². The molecule has 2 amide bonds. The standard InChI is InChI=1S/C16H13Cl2FN2O2/c1-21(16(23)11-7-6-10(17)8-13(11)19)9-15(22)20-14-5-3-2-4-12(14)18/h2-8H,9H2,1H3,(H,20,22). The molecule has 23 heavy (non-hydrogen) atoms. The molecule has 0 fully saturated rings. The van der Waals surface area contributed by atoms with Crippen molar-refractivity contribution in [2.75, 3.05) is 18.9 Å². The lowest BCUT2D eigenvalue weighted by atomic mass is 10.2. The van der Waals surface area contributed by atoms with Gasteiger partial charge in [0.15, 0.2) is 0 Å². The lowest BCUT2D eigenvalue weighted by Crippen LogP contribution is -2.35. The van der Waals surface area contributed by atoms with Gasteiger partial charge < -0.3 is 10.2 Å². The van der Waals surface area contributed by atoms with Gasteiger partial charge in [0.05, 0.1) is 22.8 Å². The summed E-state index contributed by atoms with van der Waals surface area (Å²) >= 11 is 11.6. The summed E-state index contributed by atoms with van der Waals surface area (Å²) < 4.78 is 13.7. The van der Waals surface area contributed by atoms with E-state index in [0.29, 0.717) is 10.7 Å². The molecule has 2 rings (SSSR count). The third kappa shape index (κ3) is 4.43. The number of nitrogens with one attached hydrogen (secondary N) is 1. The molecule has 0 radical (unpaired) electrons. The Morgan fingerprint density at radius 1 is 1.17 bits per heavy atom. The maximum atomic E-state index is 13.7. The third-order valence-electron chi connectivity index (χ3n) is 3.04. The van der Waals surface area contributed by atoms with E-state index in [1.165, 1.54) is 19.2 Å². The zero-order chi connectivity index (χ0) is 17.0. The van der Waals surface area contributed by atoms with E-state index in [1.807, 2.05) is 0 Å². The summed E-state index contributed by atoms with van der Waals surface area (Å²) in [4.78, 5) is 25.2. The van der Waals surface area contributed by atoms with Crippen LogP contribution in [0, 0.1) is 5.82 Å². The molecule has 0 aliphatic carbocycles. The molecule has 0 atom stereocenters. The van der Waals surface area contributed by atoms with Crippen LogP contribution in [0.3, 0.4) is 0 Å². The Balaban J connectivity index is 2.03. The van der Waals surface area contributed by atoms with Crippen LogP contribution >= 0.6 is 23.2 Å². The van der Waals surface area contributed by atoms with E-state index in [1.54, 1.807) is 24.3 Å². The zero-order valence-electron chi connectivity index (χ0n) is 12.1. The maximum Gasteiger partial charge on any atom is 0.257 e. The minimum Gasteiger partial charge on any atom is -0.332 e. The Kier molecular flexibility index (Phi) is 5.58. The molecule has 0 aliphatic heterocycles. The molecule has 7 heteroatoms. The van der Waals surface area contributed by atoms with Gasteiger partial charge in [-0.05, 0) is 30.3 Å². The number of halogens is 3. The van der Waals surface area contributed by atoms with E-state index in [9.17, 15) is 14.0 Å². The van der Waals surface area contributed by atoms with Gasteiger partial charge in [0.25, 0.3) is 5.91 Å². The highest BCUT2D eigenvalue weighted by atomic mass is 35.5. The van der Waals surface area contributed by atoms with E-state index in [-0.39, 0.29) is 17.1 Å². The number of carbonyl (C=O) groups excluding carboxylic acids is 2. The quantitative estimate of drug-likeness (QED) is 0.906. The highest BCUT2D eigenvalue weighted by Crippen LogP contribution is 2.20. The van der Waals surface area contributed by atoms with Gasteiger partial charge in [-0.1, -0.05) is 35.3 Å². The number of rotatable bonds is 4. The molecule has 0 saturated carbocycles. The van der Waals surface area contributed by atoms with Crippen molar-refractivity contribution >= 4 is 40.7 Å². The van der Waals surface area contributed by atoms with Crippen molar-refractivity contribution in [1.82, 2.24) is 4.90 Å². The van der Waals surface area contributed by atoms with Gasteiger partial charge in [0, 0.05) is 12.1 Å². The molecule has 0 aromatic heterocycles. The van der Waals surface area contributed by atoms with Crippen molar-refractivity contribution in [1.29, 1.82) is 0 Å². The Bertz CT molecular complexity index is 753. The number of nitrogens with zero attached hydrogens (tertiary/aromatic N) is 1. The summed E-state index contributed by atoms with van der Waals surface area (Å²) in [7, 11) is 1.41. The van der Waals surface area contributed by atoms with Crippen molar-refractivity contribution in [2.45, 2.75) is 0 Å². The van der Waals surface area contributed by atoms with Crippen LogP contribution in [-0.2, 0) is 4.79 Å². The molecule has 0 heterocycles. The second-order valence-corrected chi connectivity index (χ2v) is 5.66. The van der Waals surface area contributed by atoms with Gasteiger partial charge >= 0.3 is 0 Å². The summed E-state index contributed by atoms with van der Waals surface area (Å²) in [6.45, 7) is -0.244. The summed E-state index contributed by atoms with van der Waals surface area (Å²) in [5.74, 6) is -1.79. The van der Waals surface area contributed by atoms with Crippen molar-refractivity contribution < 1.29 is 14.0 Å².